The molecule has 6 rings (SSSR count). The normalized spacial score (nSPS) is 15.2. The van der Waals surface area contributed by atoms with E-state index in [1.165, 1.54) is 0 Å². The molecule has 0 saturated heterocycles. The molecule has 0 unspecified atom stereocenters. The number of hydrogen-bond acceptors (Lipinski definition) is 7. The van der Waals surface area contributed by atoms with Gasteiger partial charge in [-0.15, -0.1) is 0 Å². The van der Waals surface area contributed by atoms with E-state index in [0.29, 0.717) is 13.1 Å². The number of rotatable bonds is 10. The van der Waals surface area contributed by atoms with Crippen molar-refractivity contribution in [3.8, 4) is 0 Å². The topological polar surface area (TPSA) is 116 Å². The van der Waals surface area contributed by atoms with Crippen LogP contribution in [-0.4, -0.2) is 44.0 Å². The van der Waals surface area contributed by atoms with E-state index in [0.717, 1.165) is 58.0 Å². The van der Waals surface area contributed by atoms with Crippen molar-refractivity contribution in [2.45, 2.75) is 31.2 Å². The quantitative estimate of drug-likeness (QED) is 0.122. The highest BCUT2D eigenvalue weighted by atomic mass is 32.2. The summed E-state index contributed by atoms with van der Waals surface area (Å²) in [6.07, 6.45) is 4.69. The summed E-state index contributed by atoms with van der Waals surface area (Å²) in [7, 11) is -8.17. The lowest BCUT2D eigenvalue weighted by atomic mass is 10.1. The Balaban J connectivity index is 1.41. The number of nitrogens with zero attached hydrogens (tertiary/aromatic N) is 2. The molecule has 44 heavy (non-hydrogen) atoms. The molecule has 2 heterocycles. The van der Waals surface area contributed by atoms with Crippen LogP contribution in [0.2, 0.25) is 0 Å². The molecular weight excluding hydrogens is 637 g/mol. The van der Waals surface area contributed by atoms with E-state index >= 15 is 0 Å². The highest BCUT2D eigenvalue weighted by Gasteiger charge is 2.28. The Morgan fingerprint density at radius 2 is 1.48 bits per heavy atom. The molecule has 2 N–H and O–H groups in total. The second-order valence-corrected chi connectivity index (χ2v) is 16.0. The highest BCUT2D eigenvalue weighted by molar-refractivity contribution is 8.03. The number of anilines is 1. The maximum absolute atomic E-state index is 11.5. The Hall–Kier alpha value is -3.26. The summed E-state index contributed by atoms with van der Waals surface area (Å²) in [5, 5.41) is 6.21. The smallest absolute Gasteiger partial charge is 0.265 e. The fraction of sp³-hybridized carbons (Fsp3) is 0.219. The van der Waals surface area contributed by atoms with Gasteiger partial charge in [0.25, 0.3) is 25.2 Å². The molecule has 1 aliphatic heterocycles. The van der Waals surface area contributed by atoms with Crippen molar-refractivity contribution in [2.24, 2.45) is 0 Å². The fourth-order valence-corrected chi connectivity index (χ4v) is 9.07. The predicted molar refractivity (Wildman–Crippen MR) is 180 cm³/mol. The first-order chi connectivity index (χ1) is 21.0. The van der Waals surface area contributed by atoms with Gasteiger partial charge in [0.2, 0.25) is 5.52 Å². The first kappa shape index (κ1) is 30.8. The molecular formula is C32H31N2O6S4+. The number of allylic oxidation sites excluding steroid dienone is 2. The van der Waals surface area contributed by atoms with Gasteiger partial charge in [0.05, 0.1) is 27.6 Å². The lowest BCUT2D eigenvalue weighted by Crippen LogP contribution is -2.36. The largest absolute Gasteiger partial charge is 0.334 e. The zero-order valence-corrected chi connectivity index (χ0v) is 27.1. The summed E-state index contributed by atoms with van der Waals surface area (Å²) >= 11 is 3.24. The molecule has 0 atom stereocenters. The Labute approximate surface area is 264 Å². The van der Waals surface area contributed by atoms with Gasteiger partial charge in [-0.25, -0.2) is 0 Å². The first-order valence-electron chi connectivity index (χ1n) is 14.1. The minimum atomic E-state index is -4.09. The monoisotopic (exact) mass is 667 g/mol. The van der Waals surface area contributed by atoms with Crippen molar-refractivity contribution in [2.75, 3.05) is 23.0 Å². The van der Waals surface area contributed by atoms with E-state index in [9.17, 15) is 25.9 Å². The number of benzene rings is 4. The van der Waals surface area contributed by atoms with Gasteiger partial charge in [-0.1, -0.05) is 77.7 Å². The molecule has 0 saturated carbocycles. The first-order valence-corrected chi connectivity index (χ1v) is 18.9. The summed E-state index contributed by atoms with van der Waals surface area (Å²) in [6, 6.07) is 24.5. The van der Waals surface area contributed by atoms with Crippen LogP contribution < -0.4 is 9.47 Å². The van der Waals surface area contributed by atoms with Crippen molar-refractivity contribution in [3.05, 3.63) is 94.5 Å². The van der Waals surface area contributed by atoms with Crippen LogP contribution in [-0.2, 0) is 26.8 Å². The number of aryl methyl sites for hydroxylation is 1. The van der Waals surface area contributed by atoms with Gasteiger partial charge < -0.3 is 4.90 Å². The highest BCUT2D eigenvalue weighted by Crippen LogP contribution is 2.49. The van der Waals surface area contributed by atoms with Crippen LogP contribution in [0, 0.1) is 0 Å². The molecule has 1 aromatic heterocycles. The molecule has 8 nitrogen and oxygen atoms in total. The number of thiazole rings is 1. The van der Waals surface area contributed by atoms with Crippen LogP contribution in [0.3, 0.4) is 0 Å². The summed E-state index contributed by atoms with van der Waals surface area (Å²) in [5.41, 5.74) is 3.01. The van der Waals surface area contributed by atoms with Crippen LogP contribution in [0.15, 0.2) is 94.4 Å². The van der Waals surface area contributed by atoms with Crippen molar-refractivity contribution in [3.63, 3.8) is 0 Å². The summed E-state index contributed by atoms with van der Waals surface area (Å²) in [4.78, 5) is 3.20. The summed E-state index contributed by atoms with van der Waals surface area (Å²) in [5.74, 6) is -0.647. The summed E-state index contributed by atoms with van der Waals surface area (Å²) in [6.45, 7) is 2.84. The second kappa shape index (κ2) is 12.3. The van der Waals surface area contributed by atoms with Gasteiger partial charge in [-0.3, -0.25) is 9.11 Å². The Kier molecular flexibility index (Phi) is 8.57. The van der Waals surface area contributed by atoms with E-state index in [-0.39, 0.29) is 24.3 Å². The van der Waals surface area contributed by atoms with Crippen LogP contribution in [0.5, 0.6) is 0 Å². The van der Waals surface area contributed by atoms with Gasteiger partial charge in [0, 0.05) is 29.3 Å². The van der Waals surface area contributed by atoms with Crippen LogP contribution in [0.4, 0.5) is 5.69 Å². The van der Waals surface area contributed by atoms with Gasteiger partial charge >= 0.3 is 0 Å². The van der Waals surface area contributed by atoms with Gasteiger partial charge in [0.15, 0.2) is 6.54 Å². The van der Waals surface area contributed by atoms with E-state index in [2.05, 4.69) is 70.1 Å². The minimum Gasteiger partial charge on any atom is -0.334 e. The Morgan fingerprint density at radius 1 is 0.841 bits per heavy atom. The van der Waals surface area contributed by atoms with E-state index in [1.807, 2.05) is 31.2 Å². The molecule has 5 aromatic rings. The van der Waals surface area contributed by atoms with Gasteiger partial charge in [0.1, 0.15) is 4.70 Å². The average molecular weight is 668 g/mol. The molecule has 0 aliphatic carbocycles. The van der Waals surface area contributed by atoms with Crippen molar-refractivity contribution < 1.29 is 30.5 Å². The van der Waals surface area contributed by atoms with E-state index in [4.69, 9.17) is 0 Å². The third kappa shape index (κ3) is 6.70. The second-order valence-electron chi connectivity index (χ2n) is 10.8. The Bertz CT molecular complexity index is 2190. The standard InChI is InChI=1S/C32H30N2O6S4/c1-22(20-29-33(16-6-18-43(35,36)37)31-25-10-4-2-8-23(25)12-14-27(31)41-29)21-30-34(17-7-19-44(38,39)40)32-26-11-5-3-9-24(26)13-15-28(32)42-30/h2-5,8-15,20-21H,6-7,16-19H2,1H3,(H-,35,36,37,38,39,40)/p+1. The SMILES string of the molecule is CC(=C\c1sc2ccc3ccccc3c2[n+]1CCCS(=O)(=O)O)/C=C1/Sc2ccc3ccccc3c2N1CCCS(=O)(=O)O. The molecule has 228 valence electrons. The minimum absolute atomic E-state index is 0.263. The number of fused-ring (bicyclic) bond motifs is 6. The molecule has 4 aromatic carbocycles. The van der Waals surface area contributed by atoms with Crippen LogP contribution >= 0.6 is 23.1 Å². The molecule has 0 amide bonds. The molecule has 0 fully saturated rings. The Morgan fingerprint density at radius 3 is 2.20 bits per heavy atom. The van der Waals surface area contributed by atoms with E-state index in [1.54, 1.807) is 23.1 Å². The predicted octanol–water partition coefficient (Wildman–Crippen LogP) is 6.91. The molecule has 0 bridgehead atoms. The maximum atomic E-state index is 11.5. The lowest BCUT2D eigenvalue weighted by molar-refractivity contribution is -0.667. The van der Waals surface area contributed by atoms with Crippen LogP contribution in [0.25, 0.3) is 37.8 Å². The summed E-state index contributed by atoms with van der Waals surface area (Å²) < 4.78 is 67.9. The van der Waals surface area contributed by atoms with Crippen molar-refractivity contribution in [1.82, 2.24) is 0 Å². The van der Waals surface area contributed by atoms with Crippen molar-refractivity contribution in [1.29, 1.82) is 0 Å². The van der Waals surface area contributed by atoms with Gasteiger partial charge in [-0.2, -0.15) is 21.4 Å². The zero-order valence-electron chi connectivity index (χ0n) is 23.9. The van der Waals surface area contributed by atoms with Crippen LogP contribution in [0.1, 0.15) is 24.8 Å². The van der Waals surface area contributed by atoms with Gasteiger partial charge in [-0.05, 0) is 54.0 Å². The number of aromatic nitrogens is 1. The number of thioether (sulfide) groups is 1. The lowest BCUT2D eigenvalue weighted by Gasteiger charge is -2.22. The maximum Gasteiger partial charge on any atom is 0.265 e. The third-order valence-corrected chi connectivity index (χ3v) is 11.3. The molecule has 0 radical (unpaired) electrons. The van der Waals surface area contributed by atoms with Crippen molar-refractivity contribution >= 4 is 86.9 Å². The average Bonchev–Trinajstić information content (AvgIpc) is 3.49. The molecule has 12 heteroatoms. The molecule has 1 aliphatic rings. The fourth-order valence-electron chi connectivity index (χ4n) is 5.65. The zero-order chi connectivity index (χ0) is 31.1. The number of hydrogen-bond donors (Lipinski definition) is 2. The third-order valence-electron chi connectivity index (χ3n) is 7.50. The van der Waals surface area contributed by atoms with E-state index < -0.39 is 20.2 Å². The molecule has 0 spiro atoms.